The lowest BCUT2D eigenvalue weighted by Crippen LogP contribution is -2.28. The smallest absolute Gasteiger partial charge is 0.264 e. The summed E-state index contributed by atoms with van der Waals surface area (Å²) < 4.78 is 45.0. The quantitative estimate of drug-likeness (QED) is 0.182. The van der Waals surface area contributed by atoms with E-state index in [1.165, 1.54) is 16.0 Å². The third-order valence-corrected chi connectivity index (χ3v) is 10.3. The van der Waals surface area contributed by atoms with Crippen LogP contribution in [-0.2, 0) is 32.1 Å². The lowest BCUT2D eigenvalue weighted by Gasteiger charge is -2.35. The van der Waals surface area contributed by atoms with Crippen LogP contribution in [0.1, 0.15) is 41.8 Å². The van der Waals surface area contributed by atoms with Crippen LogP contribution in [0.4, 0.5) is 9.52 Å². The Bertz CT molecular complexity index is 2010. The summed E-state index contributed by atoms with van der Waals surface area (Å²) in [5.74, 6) is 0.115. The number of fused-ring (bicyclic) bond motifs is 2. The minimum atomic E-state index is -3.44. The summed E-state index contributed by atoms with van der Waals surface area (Å²) >= 11 is 15.0. The van der Waals surface area contributed by atoms with Crippen LogP contribution in [0.3, 0.4) is 0 Å². The minimum absolute atomic E-state index is 0.148. The van der Waals surface area contributed by atoms with Crippen molar-refractivity contribution >= 4 is 66.6 Å². The molecule has 234 valence electrons. The summed E-state index contributed by atoms with van der Waals surface area (Å²) in [7, 11) is -3.44. The van der Waals surface area contributed by atoms with Crippen LogP contribution in [0.5, 0.6) is 0 Å². The maximum absolute atomic E-state index is 14.3. The van der Waals surface area contributed by atoms with Crippen LogP contribution in [0, 0.1) is 5.92 Å². The van der Waals surface area contributed by atoms with Gasteiger partial charge >= 0.3 is 0 Å². The van der Waals surface area contributed by atoms with Gasteiger partial charge in [0.25, 0.3) is 16.0 Å². The van der Waals surface area contributed by atoms with Crippen molar-refractivity contribution in [1.29, 1.82) is 0 Å². The predicted molar refractivity (Wildman–Crippen MR) is 171 cm³/mol. The van der Waals surface area contributed by atoms with Crippen molar-refractivity contribution in [2.45, 2.75) is 43.9 Å². The predicted octanol–water partition coefficient (Wildman–Crippen LogP) is 6.26. The molecule has 0 bridgehead atoms. The molecule has 4 heterocycles. The Labute approximate surface area is 272 Å². The van der Waals surface area contributed by atoms with Crippen molar-refractivity contribution in [3.8, 4) is 11.1 Å². The van der Waals surface area contributed by atoms with Crippen LogP contribution in [0.25, 0.3) is 22.0 Å². The van der Waals surface area contributed by atoms with Crippen LogP contribution in [-0.4, -0.2) is 57.7 Å². The van der Waals surface area contributed by atoms with E-state index in [2.05, 4.69) is 15.3 Å². The topological polar surface area (TPSA) is 121 Å². The normalized spacial score (nSPS) is 20.2. The number of aromatic nitrogens is 5. The number of alkyl halides is 1. The number of thiazole rings is 1. The molecule has 1 amide bonds. The molecule has 2 aromatic carbocycles. The van der Waals surface area contributed by atoms with Gasteiger partial charge in [0.15, 0.2) is 11.2 Å². The molecule has 1 fully saturated rings. The number of hydrogen-bond acceptors (Lipinski definition) is 8. The Morgan fingerprint density at radius 3 is 2.71 bits per heavy atom. The highest BCUT2D eigenvalue weighted by Gasteiger charge is 2.35. The summed E-state index contributed by atoms with van der Waals surface area (Å²) in [6, 6.07) is 8.78. The second kappa shape index (κ2) is 11.8. The number of rotatable bonds is 9. The van der Waals surface area contributed by atoms with Gasteiger partial charge in [-0.05, 0) is 41.9 Å². The number of nitrogens with one attached hydrogen (secondary N) is 1. The lowest BCUT2D eigenvalue weighted by atomic mass is 9.72. The molecule has 1 N–H and O–H groups in total. The fourth-order valence-electron chi connectivity index (χ4n) is 6.11. The van der Waals surface area contributed by atoms with E-state index in [9.17, 15) is 17.6 Å². The van der Waals surface area contributed by atoms with Gasteiger partial charge in [-0.1, -0.05) is 47.5 Å². The molecule has 15 heteroatoms. The van der Waals surface area contributed by atoms with Gasteiger partial charge < -0.3 is 4.57 Å². The fraction of sp³-hybridized carbons (Fsp3) is 0.333. The zero-order valence-corrected chi connectivity index (χ0v) is 27.0. The van der Waals surface area contributed by atoms with Crippen molar-refractivity contribution in [3.63, 3.8) is 0 Å². The van der Waals surface area contributed by atoms with Gasteiger partial charge in [0.1, 0.15) is 11.7 Å². The summed E-state index contributed by atoms with van der Waals surface area (Å²) in [6.45, 7) is 0.393. The maximum atomic E-state index is 14.3. The first-order valence-electron chi connectivity index (χ1n) is 14.2. The van der Waals surface area contributed by atoms with Crippen LogP contribution in [0.15, 0.2) is 54.4 Å². The molecule has 2 atom stereocenters. The first-order chi connectivity index (χ1) is 21.5. The second-order valence-electron chi connectivity index (χ2n) is 11.5. The number of anilines is 1. The summed E-state index contributed by atoms with van der Waals surface area (Å²) in [5, 5.41) is 11.1. The summed E-state index contributed by atoms with van der Waals surface area (Å²) in [5.41, 5.74) is 4.14. The first kappa shape index (κ1) is 30.3. The molecule has 0 unspecified atom stereocenters. The van der Waals surface area contributed by atoms with Gasteiger partial charge in [0, 0.05) is 40.8 Å². The molecular formula is C30H27Cl2FN6O4S2. The number of carbonyl (C=O) groups excluding carboxylic acids is 1. The number of carbonyl (C=O) groups is 1. The Balaban J connectivity index is 1.18. The van der Waals surface area contributed by atoms with Crippen molar-refractivity contribution in [3.05, 3.63) is 81.4 Å². The summed E-state index contributed by atoms with van der Waals surface area (Å²) in [4.78, 5) is 22.4. The molecule has 45 heavy (non-hydrogen) atoms. The summed E-state index contributed by atoms with van der Waals surface area (Å²) in [6.07, 6.45) is 6.67. The first-order valence-corrected chi connectivity index (χ1v) is 17.7. The molecule has 0 saturated heterocycles. The van der Waals surface area contributed by atoms with Gasteiger partial charge in [-0.15, -0.1) is 11.3 Å². The highest BCUT2D eigenvalue weighted by atomic mass is 35.5. The molecule has 1 aliphatic carbocycles. The molecule has 0 spiro atoms. The molecule has 2 aliphatic rings. The van der Waals surface area contributed by atoms with E-state index in [0.717, 1.165) is 30.2 Å². The molecule has 10 nitrogen and oxygen atoms in total. The standard InChI is InChI=1S/C30H27Cl2FN6O4S2/c1-45(41,42)43-14-16-8-19(9-16)17-2-4-18(5-3-17)21-11-23(31)22-13-39(37-26(22)25(21)32)28(29(40)36-30-34-6-7-44-30)27-24-10-20(33)12-38(24)15-35-27/h2-7,11,13,15-16,19-20,28H,8-10,12,14H2,1H3,(H,34,36,40)/t16?,19?,20-,28-/m1/s1. The van der Waals surface area contributed by atoms with Crippen LogP contribution >= 0.6 is 34.5 Å². The molecule has 1 aliphatic heterocycles. The average Bonchev–Trinajstić information content (AvgIpc) is 3.76. The number of imidazole rings is 1. The van der Waals surface area contributed by atoms with Gasteiger partial charge in [-0.3, -0.25) is 19.0 Å². The molecule has 7 rings (SSSR count). The number of benzene rings is 2. The van der Waals surface area contributed by atoms with Gasteiger partial charge in [0.2, 0.25) is 0 Å². The van der Waals surface area contributed by atoms with Crippen molar-refractivity contribution in [2.24, 2.45) is 5.92 Å². The van der Waals surface area contributed by atoms with Crippen LogP contribution < -0.4 is 5.32 Å². The van der Waals surface area contributed by atoms with E-state index in [0.29, 0.717) is 48.9 Å². The Hall–Kier alpha value is -3.36. The molecule has 1 saturated carbocycles. The highest BCUT2D eigenvalue weighted by molar-refractivity contribution is 7.85. The van der Waals surface area contributed by atoms with Crippen molar-refractivity contribution < 1.29 is 21.8 Å². The van der Waals surface area contributed by atoms with E-state index < -0.39 is 28.2 Å². The van der Waals surface area contributed by atoms with E-state index in [1.807, 2.05) is 24.3 Å². The molecule has 3 aromatic heterocycles. The zero-order valence-electron chi connectivity index (χ0n) is 23.9. The maximum Gasteiger partial charge on any atom is 0.264 e. The Kier molecular flexibility index (Phi) is 7.93. The zero-order chi connectivity index (χ0) is 31.5. The Morgan fingerprint density at radius 2 is 2.00 bits per heavy atom. The van der Waals surface area contributed by atoms with E-state index in [-0.39, 0.29) is 25.5 Å². The number of halogens is 3. The second-order valence-corrected chi connectivity index (χ2v) is 14.8. The van der Waals surface area contributed by atoms with Crippen molar-refractivity contribution in [2.75, 3.05) is 18.2 Å². The number of hydrogen-bond donors (Lipinski definition) is 1. The monoisotopic (exact) mass is 688 g/mol. The minimum Gasteiger partial charge on any atom is -0.331 e. The van der Waals surface area contributed by atoms with Gasteiger partial charge in [0.05, 0.1) is 41.5 Å². The lowest BCUT2D eigenvalue weighted by molar-refractivity contribution is -0.118. The highest BCUT2D eigenvalue weighted by Crippen LogP contribution is 2.44. The largest absolute Gasteiger partial charge is 0.331 e. The third kappa shape index (κ3) is 5.99. The molecule has 5 aromatic rings. The SMILES string of the molecule is CS(=O)(=O)OCC1CC(c2ccc(-c3cc(Cl)c4cn([C@@H](C(=O)Nc5nccs5)c5ncn6c5C[C@@H](F)C6)nc4c3Cl)cc2)C1. The van der Waals surface area contributed by atoms with Crippen molar-refractivity contribution in [1.82, 2.24) is 24.3 Å². The fourth-order valence-corrected chi connectivity index (χ4v) is 7.63. The molecule has 0 radical (unpaired) electrons. The number of nitrogens with zero attached hydrogens (tertiary/aromatic N) is 5. The van der Waals surface area contributed by atoms with E-state index in [1.54, 1.807) is 34.7 Å². The van der Waals surface area contributed by atoms with Gasteiger partial charge in [-0.2, -0.15) is 13.5 Å². The van der Waals surface area contributed by atoms with E-state index >= 15 is 0 Å². The Morgan fingerprint density at radius 1 is 1.22 bits per heavy atom. The van der Waals surface area contributed by atoms with Crippen LogP contribution in [0.2, 0.25) is 10.0 Å². The number of amides is 1. The third-order valence-electron chi connectivity index (χ3n) is 8.37. The average molecular weight is 690 g/mol. The van der Waals surface area contributed by atoms with E-state index in [4.69, 9.17) is 32.5 Å². The van der Waals surface area contributed by atoms with Gasteiger partial charge in [-0.25, -0.2) is 14.4 Å². The molecular weight excluding hydrogens is 662 g/mol.